The van der Waals surface area contributed by atoms with E-state index >= 15 is 0 Å². The van der Waals surface area contributed by atoms with Gasteiger partial charge >= 0.3 is 29.8 Å². The summed E-state index contributed by atoms with van der Waals surface area (Å²) in [6, 6.07) is -1.61. The SMILES string of the molecule is CC.CCC(CN(CC(=O)O)C1CCCCC1N(CC(=O)O)CC(=O)O)N(CC(=O)O)CC(=O)O. The molecule has 3 unspecified atom stereocenters. The average molecular weight is 506 g/mol. The highest BCUT2D eigenvalue weighted by Gasteiger charge is 2.38. The highest BCUT2D eigenvalue weighted by Crippen LogP contribution is 2.28. The molecule has 13 nitrogen and oxygen atoms in total. The Morgan fingerprint density at radius 1 is 0.657 bits per heavy atom. The number of carboxylic acids is 5. The van der Waals surface area contributed by atoms with Crippen molar-refractivity contribution in [2.24, 2.45) is 0 Å². The van der Waals surface area contributed by atoms with Crippen LogP contribution in [0.25, 0.3) is 0 Å². The van der Waals surface area contributed by atoms with Crippen molar-refractivity contribution in [3.63, 3.8) is 0 Å². The van der Waals surface area contributed by atoms with E-state index in [-0.39, 0.29) is 6.54 Å². The van der Waals surface area contributed by atoms with E-state index in [2.05, 4.69) is 0 Å². The lowest BCUT2D eigenvalue weighted by atomic mass is 9.87. The van der Waals surface area contributed by atoms with Crippen LogP contribution in [0.15, 0.2) is 0 Å². The van der Waals surface area contributed by atoms with E-state index in [4.69, 9.17) is 0 Å². The summed E-state index contributed by atoms with van der Waals surface area (Å²) < 4.78 is 0. The minimum Gasteiger partial charge on any atom is -0.480 e. The summed E-state index contributed by atoms with van der Waals surface area (Å²) in [5.74, 6) is -6.00. The van der Waals surface area contributed by atoms with Crippen molar-refractivity contribution in [2.45, 2.75) is 71.0 Å². The lowest BCUT2D eigenvalue weighted by Crippen LogP contribution is -2.59. The minimum atomic E-state index is -1.22. The maximum atomic E-state index is 11.6. The molecule has 0 saturated heterocycles. The Morgan fingerprint density at radius 3 is 1.34 bits per heavy atom. The van der Waals surface area contributed by atoms with Crippen molar-refractivity contribution in [1.29, 1.82) is 0 Å². The first-order valence-corrected chi connectivity index (χ1v) is 11.8. The van der Waals surface area contributed by atoms with Crippen LogP contribution < -0.4 is 0 Å². The van der Waals surface area contributed by atoms with Crippen LogP contribution >= 0.6 is 0 Å². The van der Waals surface area contributed by atoms with Crippen LogP contribution in [-0.2, 0) is 24.0 Å². The van der Waals surface area contributed by atoms with E-state index in [1.807, 2.05) is 13.8 Å². The van der Waals surface area contributed by atoms with Crippen LogP contribution in [0.2, 0.25) is 0 Å². The van der Waals surface area contributed by atoms with Gasteiger partial charge in [-0.2, -0.15) is 0 Å². The predicted octanol–water partition coefficient (Wildman–Crippen LogP) is 0.431. The Labute approximate surface area is 204 Å². The largest absolute Gasteiger partial charge is 0.480 e. The Kier molecular flexibility index (Phi) is 15.5. The van der Waals surface area contributed by atoms with Gasteiger partial charge in [-0.05, 0) is 19.3 Å². The third kappa shape index (κ3) is 12.5. The van der Waals surface area contributed by atoms with Gasteiger partial charge in [-0.25, -0.2) is 0 Å². The zero-order valence-corrected chi connectivity index (χ0v) is 20.6. The molecule has 3 atom stereocenters. The molecule has 1 aliphatic carbocycles. The summed E-state index contributed by atoms with van der Waals surface area (Å²) in [4.78, 5) is 61.0. The summed E-state index contributed by atoms with van der Waals surface area (Å²) in [6.45, 7) is 3.23. The normalized spacial score (nSPS) is 18.6. The molecule has 1 rings (SSSR count). The number of carbonyl (C=O) groups is 5. The fourth-order valence-corrected chi connectivity index (χ4v) is 4.51. The van der Waals surface area contributed by atoms with Gasteiger partial charge in [-0.15, -0.1) is 0 Å². The number of carboxylic acid groups (broad SMARTS) is 5. The standard InChI is InChI=1S/C20H33N3O10.C2H6/c1-2-13(21(8-16(24)25)9-17(26)27)7-22(10-18(28)29)14-5-3-4-6-15(14)23(11-19(30)31)12-20(32)33;1-2/h13-15H,2-12H2,1H3,(H,24,25)(H,26,27)(H,28,29)(H,30,31)(H,32,33);1-2H3. The lowest BCUT2D eigenvalue weighted by Gasteiger charge is -2.45. The second-order valence-electron chi connectivity index (χ2n) is 8.19. The second kappa shape index (κ2) is 16.8. The van der Waals surface area contributed by atoms with Gasteiger partial charge in [0.25, 0.3) is 0 Å². The van der Waals surface area contributed by atoms with Crippen molar-refractivity contribution >= 4 is 29.8 Å². The Balaban J connectivity index is 0.00000562. The van der Waals surface area contributed by atoms with E-state index in [1.54, 1.807) is 11.8 Å². The monoisotopic (exact) mass is 505 g/mol. The van der Waals surface area contributed by atoms with Crippen molar-refractivity contribution in [3.8, 4) is 0 Å². The first-order valence-electron chi connectivity index (χ1n) is 11.8. The molecular formula is C22H39N3O10. The van der Waals surface area contributed by atoms with E-state index < -0.39 is 80.7 Å². The van der Waals surface area contributed by atoms with Crippen LogP contribution in [0.3, 0.4) is 0 Å². The zero-order valence-electron chi connectivity index (χ0n) is 20.6. The highest BCUT2D eigenvalue weighted by atomic mass is 16.4. The van der Waals surface area contributed by atoms with E-state index in [9.17, 15) is 49.5 Å². The molecule has 0 radical (unpaired) electrons. The quantitative estimate of drug-likeness (QED) is 0.194. The van der Waals surface area contributed by atoms with Gasteiger partial charge in [0.15, 0.2) is 0 Å². The van der Waals surface area contributed by atoms with Crippen molar-refractivity contribution < 1.29 is 49.5 Å². The molecule has 0 spiro atoms. The second-order valence-corrected chi connectivity index (χ2v) is 8.19. The first-order chi connectivity index (χ1) is 16.4. The summed E-state index contributed by atoms with van der Waals surface area (Å²) in [5.41, 5.74) is 0. The summed E-state index contributed by atoms with van der Waals surface area (Å²) in [6.07, 6.45) is 2.78. The molecule has 0 aromatic heterocycles. The Bertz CT molecular complexity index is 686. The molecule has 0 aliphatic heterocycles. The molecule has 5 N–H and O–H groups in total. The number of hydrogen-bond acceptors (Lipinski definition) is 8. The smallest absolute Gasteiger partial charge is 0.317 e. The van der Waals surface area contributed by atoms with Gasteiger partial charge in [0, 0.05) is 24.7 Å². The van der Waals surface area contributed by atoms with E-state index in [0.29, 0.717) is 19.3 Å². The maximum absolute atomic E-state index is 11.6. The molecule has 0 aromatic rings. The molecular weight excluding hydrogens is 466 g/mol. The third-order valence-corrected chi connectivity index (χ3v) is 5.76. The molecule has 0 heterocycles. The number of hydrogen-bond donors (Lipinski definition) is 5. The van der Waals surface area contributed by atoms with Crippen LogP contribution in [0, 0.1) is 0 Å². The molecule has 0 amide bonds. The third-order valence-electron chi connectivity index (χ3n) is 5.76. The topological polar surface area (TPSA) is 196 Å². The highest BCUT2D eigenvalue weighted by molar-refractivity contribution is 5.73. The van der Waals surface area contributed by atoms with Gasteiger partial charge in [-0.3, -0.25) is 38.7 Å². The van der Waals surface area contributed by atoms with Gasteiger partial charge in [0.2, 0.25) is 0 Å². The molecule has 1 aliphatic rings. The summed E-state index contributed by atoms with van der Waals surface area (Å²) >= 11 is 0. The number of aliphatic carboxylic acids is 5. The van der Waals surface area contributed by atoms with E-state index in [1.165, 1.54) is 9.80 Å². The maximum Gasteiger partial charge on any atom is 0.317 e. The first kappa shape index (κ1) is 32.2. The Hall–Kier alpha value is -2.77. The van der Waals surface area contributed by atoms with Crippen LogP contribution in [0.5, 0.6) is 0 Å². The summed E-state index contributed by atoms with van der Waals surface area (Å²) in [5, 5.41) is 46.4. The average Bonchev–Trinajstić information content (AvgIpc) is 2.75. The Morgan fingerprint density at radius 2 is 1.00 bits per heavy atom. The fraction of sp³-hybridized carbons (Fsp3) is 0.773. The molecule has 0 bridgehead atoms. The van der Waals surface area contributed by atoms with Gasteiger partial charge in [0.05, 0.1) is 32.7 Å². The molecule has 13 heteroatoms. The predicted molar refractivity (Wildman–Crippen MR) is 124 cm³/mol. The van der Waals surface area contributed by atoms with Crippen molar-refractivity contribution in [1.82, 2.24) is 14.7 Å². The molecule has 1 saturated carbocycles. The molecule has 202 valence electrons. The zero-order chi connectivity index (χ0) is 27.1. The van der Waals surface area contributed by atoms with Crippen LogP contribution in [0.1, 0.15) is 52.9 Å². The molecule has 35 heavy (non-hydrogen) atoms. The molecule has 0 aromatic carbocycles. The molecule has 1 fully saturated rings. The van der Waals surface area contributed by atoms with Gasteiger partial charge in [0.1, 0.15) is 0 Å². The fourth-order valence-electron chi connectivity index (χ4n) is 4.51. The van der Waals surface area contributed by atoms with Crippen molar-refractivity contribution in [2.75, 3.05) is 39.3 Å². The number of nitrogens with zero attached hydrogens (tertiary/aromatic N) is 3. The lowest BCUT2D eigenvalue weighted by molar-refractivity contribution is -0.146. The van der Waals surface area contributed by atoms with E-state index in [0.717, 1.165) is 12.8 Å². The van der Waals surface area contributed by atoms with Crippen LogP contribution in [-0.4, -0.2) is 127 Å². The van der Waals surface area contributed by atoms with Crippen LogP contribution in [0.4, 0.5) is 0 Å². The van der Waals surface area contributed by atoms with Gasteiger partial charge < -0.3 is 25.5 Å². The number of rotatable bonds is 16. The van der Waals surface area contributed by atoms with Gasteiger partial charge in [-0.1, -0.05) is 33.6 Å². The summed E-state index contributed by atoms with van der Waals surface area (Å²) in [7, 11) is 0. The minimum absolute atomic E-state index is 0.0402. The van der Waals surface area contributed by atoms with Crippen molar-refractivity contribution in [3.05, 3.63) is 0 Å².